The van der Waals surface area contributed by atoms with Crippen LogP contribution in [-0.4, -0.2) is 54.0 Å². The number of carbonyl (C=O) groups excluding carboxylic acids is 2. The number of nitrogens with zero attached hydrogens (tertiary/aromatic N) is 3. The van der Waals surface area contributed by atoms with Crippen LogP contribution in [0.4, 0.5) is 5.69 Å². The quantitative estimate of drug-likeness (QED) is 0.261. The summed E-state index contributed by atoms with van der Waals surface area (Å²) in [5, 5.41) is 11.4. The maximum Gasteiger partial charge on any atom is 0.295 e. The van der Waals surface area contributed by atoms with E-state index < -0.39 is 17.7 Å². The number of aromatic nitrogens is 1. The summed E-state index contributed by atoms with van der Waals surface area (Å²) >= 11 is 0. The molecule has 0 bridgehead atoms. The molecule has 1 amide bonds. The second-order valence-corrected chi connectivity index (χ2v) is 8.62. The SMILES string of the molecule is CCN(CC)c1ccc(C2/C(=C(/O)c3ccc(OC)c(OC)c3)C(=O)C(=O)N2Cc2cccnc2)cc1. The Morgan fingerprint density at radius 3 is 2.30 bits per heavy atom. The number of benzene rings is 2. The second-order valence-electron chi connectivity index (χ2n) is 8.62. The number of hydrogen-bond acceptors (Lipinski definition) is 7. The molecule has 192 valence electrons. The molecule has 8 nitrogen and oxygen atoms in total. The number of rotatable bonds is 9. The molecule has 3 aromatic rings. The third-order valence-corrected chi connectivity index (χ3v) is 6.61. The predicted octanol–water partition coefficient (Wildman–Crippen LogP) is 4.57. The zero-order valence-corrected chi connectivity index (χ0v) is 21.5. The summed E-state index contributed by atoms with van der Waals surface area (Å²) in [6.45, 7) is 6.06. The Bertz CT molecular complexity index is 1300. The maximum atomic E-state index is 13.4. The number of aliphatic hydroxyl groups excluding tert-OH is 1. The number of anilines is 1. The van der Waals surface area contributed by atoms with Crippen molar-refractivity contribution < 1.29 is 24.2 Å². The number of pyridine rings is 1. The van der Waals surface area contributed by atoms with E-state index in [9.17, 15) is 14.7 Å². The summed E-state index contributed by atoms with van der Waals surface area (Å²) in [7, 11) is 3.01. The summed E-state index contributed by atoms with van der Waals surface area (Å²) < 4.78 is 10.7. The van der Waals surface area contributed by atoms with Gasteiger partial charge in [0.25, 0.3) is 11.7 Å². The van der Waals surface area contributed by atoms with Gasteiger partial charge in [-0.15, -0.1) is 0 Å². The monoisotopic (exact) mass is 501 g/mol. The van der Waals surface area contributed by atoms with E-state index in [2.05, 4.69) is 23.7 Å². The molecule has 1 aliphatic rings. The minimum Gasteiger partial charge on any atom is -0.507 e. The van der Waals surface area contributed by atoms with Crippen molar-refractivity contribution in [2.75, 3.05) is 32.2 Å². The Morgan fingerprint density at radius 2 is 1.70 bits per heavy atom. The van der Waals surface area contributed by atoms with Gasteiger partial charge in [0.2, 0.25) is 0 Å². The van der Waals surface area contributed by atoms with Gasteiger partial charge < -0.3 is 24.4 Å². The fraction of sp³-hybridized carbons (Fsp3) is 0.276. The minimum atomic E-state index is -0.779. The van der Waals surface area contributed by atoms with Gasteiger partial charge in [-0.2, -0.15) is 0 Å². The lowest BCUT2D eigenvalue weighted by Gasteiger charge is -2.26. The number of likely N-dealkylation sites (tertiary alicyclic amines) is 1. The lowest BCUT2D eigenvalue weighted by atomic mass is 9.94. The van der Waals surface area contributed by atoms with Crippen molar-refractivity contribution in [2.45, 2.75) is 26.4 Å². The highest BCUT2D eigenvalue weighted by molar-refractivity contribution is 6.46. The van der Waals surface area contributed by atoms with Crippen molar-refractivity contribution in [1.82, 2.24) is 9.88 Å². The Balaban J connectivity index is 1.85. The number of Topliss-reactive ketones (excluding diaryl/α,β-unsaturated/α-hetero) is 1. The Labute approximate surface area is 216 Å². The van der Waals surface area contributed by atoms with Crippen molar-refractivity contribution in [3.8, 4) is 11.5 Å². The number of amides is 1. The van der Waals surface area contributed by atoms with E-state index in [4.69, 9.17) is 9.47 Å². The minimum absolute atomic E-state index is 0.0247. The number of carbonyl (C=O) groups is 2. The summed E-state index contributed by atoms with van der Waals surface area (Å²) in [6.07, 6.45) is 3.31. The molecule has 2 aromatic carbocycles. The molecule has 0 aliphatic carbocycles. The number of methoxy groups -OCH3 is 2. The number of ether oxygens (including phenoxy) is 2. The smallest absolute Gasteiger partial charge is 0.295 e. The number of hydrogen-bond donors (Lipinski definition) is 1. The van der Waals surface area contributed by atoms with Crippen LogP contribution in [0.3, 0.4) is 0 Å². The van der Waals surface area contributed by atoms with Gasteiger partial charge >= 0.3 is 0 Å². The summed E-state index contributed by atoms with van der Waals surface area (Å²) in [6, 6.07) is 15.5. The average Bonchev–Trinajstić information content (AvgIpc) is 3.18. The van der Waals surface area contributed by atoms with Crippen LogP contribution in [0.25, 0.3) is 5.76 Å². The van der Waals surface area contributed by atoms with Crippen molar-refractivity contribution in [2.24, 2.45) is 0 Å². The predicted molar refractivity (Wildman–Crippen MR) is 142 cm³/mol. The zero-order valence-electron chi connectivity index (χ0n) is 21.5. The van der Waals surface area contributed by atoms with Crippen molar-refractivity contribution in [3.63, 3.8) is 0 Å². The molecule has 1 atom stereocenters. The Kier molecular flexibility index (Phi) is 7.77. The van der Waals surface area contributed by atoms with E-state index in [0.717, 1.165) is 29.9 Å². The van der Waals surface area contributed by atoms with Gasteiger partial charge in [0, 0.05) is 43.3 Å². The Morgan fingerprint density at radius 1 is 1.00 bits per heavy atom. The highest BCUT2D eigenvalue weighted by atomic mass is 16.5. The van der Waals surface area contributed by atoms with Gasteiger partial charge in [0.1, 0.15) is 5.76 Å². The molecule has 0 radical (unpaired) electrons. The number of ketones is 1. The van der Waals surface area contributed by atoms with E-state index >= 15 is 0 Å². The lowest BCUT2D eigenvalue weighted by Crippen LogP contribution is -2.29. The molecule has 1 N–H and O–H groups in total. The first kappa shape index (κ1) is 25.8. The van der Waals surface area contributed by atoms with Crippen molar-refractivity contribution in [1.29, 1.82) is 0 Å². The molecule has 1 aliphatic heterocycles. The van der Waals surface area contributed by atoms with Gasteiger partial charge in [-0.3, -0.25) is 14.6 Å². The van der Waals surface area contributed by atoms with Crippen LogP contribution in [0.5, 0.6) is 11.5 Å². The third kappa shape index (κ3) is 5.00. The highest BCUT2D eigenvalue weighted by Gasteiger charge is 2.46. The van der Waals surface area contributed by atoms with Gasteiger partial charge in [-0.05, 0) is 61.4 Å². The van der Waals surface area contributed by atoms with Crippen LogP contribution in [-0.2, 0) is 16.1 Å². The van der Waals surface area contributed by atoms with Gasteiger partial charge in [-0.1, -0.05) is 18.2 Å². The van der Waals surface area contributed by atoms with E-state index in [-0.39, 0.29) is 17.9 Å². The molecular weight excluding hydrogens is 470 g/mol. The van der Waals surface area contributed by atoms with E-state index in [0.29, 0.717) is 17.1 Å². The zero-order chi connectivity index (χ0) is 26.5. The van der Waals surface area contributed by atoms with Crippen LogP contribution in [0, 0.1) is 0 Å². The lowest BCUT2D eigenvalue weighted by molar-refractivity contribution is -0.140. The van der Waals surface area contributed by atoms with Gasteiger partial charge in [0.15, 0.2) is 11.5 Å². The molecule has 0 saturated carbocycles. The molecule has 8 heteroatoms. The summed E-state index contributed by atoms with van der Waals surface area (Å²) in [5.41, 5.74) is 2.91. The molecule has 1 unspecified atom stereocenters. The maximum absolute atomic E-state index is 13.4. The van der Waals surface area contributed by atoms with Crippen molar-refractivity contribution in [3.05, 3.63) is 89.3 Å². The first-order valence-electron chi connectivity index (χ1n) is 12.2. The second kappa shape index (κ2) is 11.2. The van der Waals surface area contributed by atoms with Gasteiger partial charge in [-0.25, -0.2) is 0 Å². The first-order valence-corrected chi connectivity index (χ1v) is 12.2. The fourth-order valence-electron chi connectivity index (χ4n) is 4.67. The van der Waals surface area contributed by atoms with E-state index in [1.807, 2.05) is 30.3 Å². The van der Waals surface area contributed by atoms with Crippen LogP contribution in [0.1, 0.15) is 36.6 Å². The van der Waals surface area contributed by atoms with Crippen LogP contribution in [0.15, 0.2) is 72.6 Å². The molecule has 1 aromatic heterocycles. The van der Waals surface area contributed by atoms with E-state index in [1.165, 1.54) is 19.1 Å². The molecular formula is C29H31N3O5. The highest BCUT2D eigenvalue weighted by Crippen LogP contribution is 2.41. The molecule has 0 spiro atoms. The summed E-state index contributed by atoms with van der Waals surface area (Å²) in [5.74, 6) is -0.806. The molecule has 2 heterocycles. The van der Waals surface area contributed by atoms with Gasteiger partial charge in [0.05, 0.1) is 25.8 Å². The van der Waals surface area contributed by atoms with Crippen LogP contribution >= 0.6 is 0 Å². The van der Waals surface area contributed by atoms with E-state index in [1.54, 1.807) is 36.7 Å². The van der Waals surface area contributed by atoms with Crippen LogP contribution < -0.4 is 14.4 Å². The number of aliphatic hydroxyl groups is 1. The molecule has 4 rings (SSSR count). The average molecular weight is 502 g/mol. The topological polar surface area (TPSA) is 92.2 Å². The Hall–Kier alpha value is -4.33. The normalized spacial score (nSPS) is 16.6. The third-order valence-electron chi connectivity index (χ3n) is 6.61. The standard InChI is InChI=1S/C29H31N3O5/c1-5-31(6-2)22-12-9-20(10-13-22)26-25(27(33)21-11-14-23(36-3)24(16-21)37-4)28(34)29(35)32(26)18-19-8-7-15-30-17-19/h7-17,26,33H,5-6,18H2,1-4H3/b27-25-. The molecule has 1 fully saturated rings. The first-order chi connectivity index (χ1) is 17.9. The molecule has 37 heavy (non-hydrogen) atoms. The summed E-state index contributed by atoms with van der Waals surface area (Å²) in [4.78, 5) is 34.5. The molecule has 1 saturated heterocycles. The van der Waals surface area contributed by atoms with Crippen molar-refractivity contribution >= 4 is 23.1 Å². The van der Waals surface area contributed by atoms with Crippen LogP contribution in [0.2, 0.25) is 0 Å². The fourth-order valence-corrected chi connectivity index (χ4v) is 4.67. The largest absolute Gasteiger partial charge is 0.507 e.